The summed E-state index contributed by atoms with van der Waals surface area (Å²) in [5, 5.41) is 9.41. The number of aromatic carboxylic acids is 1. The van der Waals surface area contributed by atoms with E-state index in [9.17, 15) is 14.7 Å². The van der Waals surface area contributed by atoms with Crippen LogP contribution in [-0.4, -0.2) is 41.4 Å². The molecule has 28 heavy (non-hydrogen) atoms. The van der Waals surface area contributed by atoms with Gasteiger partial charge < -0.3 is 25.0 Å². The van der Waals surface area contributed by atoms with Gasteiger partial charge in [0.15, 0.2) is 11.6 Å². The number of hydrogen-bond donors (Lipinski definition) is 2. The van der Waals surface area contributed by atoms with E-state index in [0.29, 0.717) is 30.0 Å². The third-order valence-electron chi connectivity index (χ3n) is 6.75. The van der Waals surface area contributed by atoms with Gasteiger partial charge in [-0.1, -0.05) is 6.42 Å². The Kier molecular flexibility index (Phi) is 3.56. The molecule has 7 nitrogen and oxygen atoms in total. The van der Waals surface area contributed by atoms with Crippen LogP contribution in [0, 0.1) is 11.2 Å². The van der Waals surface area contributed by atoms with Gasteiger partial charge in [-0.25, -0.2) is 9.18 Å². The van der Waals surface area contributed by atoms with Crippen LogP contribution in [0.15, 0.2) is 17.1 Å². The minimum Gasteiger partial charge on any atom is -0.487 e. The van der Waals surface area contributed by atoms with Crippen LogP contribution in [0.5, 0.6) is 5.75 Å². The van der Waals surface area contributed by atoms with Crippen LogP contribution in [0.4, 0.5) is 10.1 Å². The quantitative estimate of drug-likeness (QED) is 0.819. The lowest BCUT2D eigenvalue weighted by Crippen LogP contribution is -2.45. The molecule has 3 aliphatic rings. The van der Waals surface area contributed by atoms with E-state index in [0.717, 1.165) is 25.3 Å². The maximum atomic E-state index is 15.2. The van der Waals surface area contributed by atoms with Gasteiger partial charge in [-0.3, -0.25) is 4.79 Å². The van der Waals surface area contributed by atoms with Gasteiger partial charge in [0.05, 0.1) is 16.9 Å². The standard InChI is InChI=1S/C20H22FN3O4/c1-10-8-28-18-15-11(17(25)12(19(26)27)6-24(10)15)5-13(21)16(18)23-7-14(22)20(9-23)3-2-4-20/h5-6,10,14H,2-4,7-9,22H2,1H3,(H,26,27)/t10-,14-/m0/s1. The number of aromatic nitrogens is 1. The second-order valence-corrected chi connectivity index (χ2v) is 8.38. The van der Waals surface area contributed by atoms with Crippen LogP contribution >= 0.6 is 0 Å². The van der Waals surface area contributed by atoms with Crippen LogP contribution in [0.25, 0.3) is 10.9 Å². The summed E-state index contributed by atoms with van der Waals surface area (Å²) in [7, 11) is 0. The number of hydrogen-bond acceptors (Lipinski definition) is 5. The number of carbonyl (C=O) groups is 1. The summed E-state index contributed by atoms with van der Waals surface area (Å²) in [5.74, 6) is -1.59. The fraction of sp³-hybridized carbons (Fsp3) is 0.500. The van der Waals surface area contributed by atoms with Gasteiger partial charge >= 0.3 is 5.97 Å². The average molecular weight is 387 g/mol. The minimum absolute atomic E-state index is 0.0253. The van der Waals surface area contributed by atoms with Crippen molar-refractivity contribution in [3.8, 4) is 5.75 Å². The molecule has 1 aromatic carbocycles. The van der Waals surface area contributed by atoms with Crippen molar-refractivity contribution in [2.45, 2.75) is 38.3 Å². The van der Waals surface area contributed by atoms with Gasteiger partial charge in [-0.05, 0) is 25.8 Å². The summed E-state index contributed by atoms with van der Waals surface area (Å²) in [6.45, 7) is 3.34. The predicted molar refractivity (Wildman–Crippen MR) is 102 cm³/mol. The lowest BCUT2D eigenvalue weighted by Gasteiger charge is -2.41. The van der Waals surface area contributed by atoms with E-state index >= 15 is 4.39 Å². The zero-order chi connectivity index (χ0) is 19.8. The molecule has 1 spiro atoms. The molecule has 0 radical (unpaired) electrons. The first-order chi connectivity index (χ1) is 13.3. The van der Waals surface area contributed by atoms with Crippen molar-refractivity contribution in [3.05, 3.63) is 33.9 Å². The topological polar surface area (TPSA) is 97.8 Å². The summed E-state index contributed by atoms with van der Waals surface area (Å²) in [6, 6.07) is 0.950. The highest BCUT2D eigenvalue weighted by Crippen LogP contribution is 2.51. The maximum Gasteiger partial charge on any atom is 0.341 e. The minimum atomic E-state index is -1.32. The van der Waals surface area contributed by atoms with Crippen molar-refractivity contribution in [3.63, 3.8) is 0 Å². The Bertz CT molecular complexity index is 1080. The SMILES string of the molecule is C[C@H]1COc2c(N3C[C@H](N)C4(CCC4)C3)c(F)cc3c(=O)c(C(=O)O)cn1c23. The molecule has 1 aromatic heterocycles. The molecule has 0 amide bonds. The fourth-order valence-corrected chi connectivity index (χ4v) is 4.98. The second-order valence-electron chi connectivity index (χ2n) is 8.38. The molecule has 2 fully saturated rings. The van der Waals surface area contributed by atoms with Gasteiger partial charge in [0.2, 0.25) is 5.43 Å². The van der Waals surface area contributed by atoms with Crippen LogP contribution in [-0.2, 0) is 0 Å². The van der Waals surface area contributed by atoms with E-state index < -0.39 is 17.2 Å². The third kappa shape index (κ3) is 2.18. The number of pyridine rings is 1. The molecule has 1 saturated carbocycles. The molecule has 148 valence electrons. The zero-order valence-electron chi connectivity index (χ0n) is 15.6. The first-order valence-corrected chi connectivity index (χ1v) is 9.60. The Morgan fingerprint density at radius 3 is 2.79 bits per heavy atom. The highest BCUT2D eigenvalue weighted by molar-refractivity contribution is 5.97. The smallest absolute Gasteiger partial charge is 0.341 e. The molecule has 1 aliphatic carbocycles. The predicted octanol–water partition coefficient (Wildman–Crippen LogP) is 2.11. The molecule has 0 unspecified atom stereocenters. The summed E-state index contributed by atoms with van der Waals surface area (Å²) in [4.78, 5) is 26.1. The van der Waals surface area contributed by atoms with E-state index in [1.54, 1.807) is 4.57 Å². The first kappa shape index (κ1) is 17.5. The van der Waals surface area contributed by atoms with Crippen LogP contribution in [0.3, 0.4) is 0 Å². The molecule has 3 heterocycles. The van der Waals surface area contributed by atoms with Crippen LogP contribution in [0.2, 0.25) is 0 Å². The first-order valence-electron chi connectivity index (χ1n) is 9.60. The van der Waals surface area contributed by atoms with Crippen molar-refractivity contribution < 1.29 is 19.0 Å². The number of rotatable bonds is 2. The Labute approximate surface area is 160 Å². The summed E-state index contributed by atoms with van der Waals surface area (Å²) in [5.41, 5.74) is 6.12. The van der Waals surface area contributed by atoms with Gasteiger partial charge in [0.25, 0.3) is 0 Å². The van der Waals surface area contributed by atoms with E-state index in [1.807, 2.05) is 11.8 Å². The largest absolute Gasteiger partial charge is 0.487 e. The summed E-state index contributed by atoms with van der Waals surface area (Å²) >= 11 is 0. The Morgan fingerprint density at radius 2 is 2.18 bits per heavy atom. The highest BCUT2D eigenvalue weighted by Gasteiger charge is 2.50. The Balaban J connectivity index is 1.75. The van der Waals surface area contributed by atoms with E-state index in [1.165, 1.54) is 6.20 Å². The van der Waals surface area contributed by atoms with Crippen molar-refractivity contribution >= 4 is 22.6 Å². The summed E-state index contributed by atoms with van der Waals surface area (Å²) in [6.07, 6.45) is 4.56. The molecule has 8 heteroatoms. The van der Waals surface area contributed by atoms with Gasteiger partial charge in [-0.15, -0.1) is 0 Å². The van der Waals surface area contributed by atoms with E-state index in [4.69, 9.17) is 10.5 Å². The lowest BCUT2D eigenvalue weighted by atomic mass is 9.66. The van der Waals surface area contributed by atoms with E-state index in [2.05, 4.69) is 0 Å². The zero-order valence-corrected chi connectivity index (χ0v) is 15.6. The second kappa shape index (κ2) is 5.70. The Morgan fingerprint density at radius 1 is 1.43 bits per heavy atom. The lowest BCUT2D eigenvalue weighted by molar-refractivity contribution is 0.0694. The molecular weight excluding hydrogens is 365 g/mol. The van der Waals surface area contributed by atoms with Crippen molar-refractivity contribution in [1.82, 2.24) is 4.57 Å². The van der Waals surface area contributed by atoms with Gasteiger partial charge in [0, 0.05) is 30.7 Å². The highest BCUT2D eigenvalue weighted by atomic mass is 19.1. The number of benzene rings is 1. The molecule has 2 aliphatic heterocycles. The van der Waals surface area contributed by atoms with E-state index in [-0.39, 0.29) is 35.1 Å². The van der Waals surface area contributed by atoms with Crippen LogP contribution < -0.4 is 20.8 Å². The number of carboxylic acid groups (broad SMARTS) is 1. The number of nitrogens with zero attached hydrogens (tertiary/aromatic N) is 2. The number of nitrogens with two attached hydrogens (primary N) is 1. The monoisotopic (exact) mass is 387 g/mol. The van der Waals surface area contributed by atoms with Gasteiger partial charge in [0.1, 0.15) is 17.9 Å². The van der Waals surface area contributed by atoms with Gasteiger partial charge in [-0.2, -0.15) is 0 Å². The Hall–Kier alpha value is -2.61. The summed E-state index contributed by atoms with van der Waals surface area (Å²) < 4.78 is 22.9. The third-order valence-corrected chi connectivity index (χ3v) is 6.75. The molecule has 0 bridgehead atoms. The number of ether oxygens (including phenoxy) is 1. The molecule has 5 rings (SSSR count). The van der Waals surface area contributed by atoms with Crippen molar-refractivity contribution in [2.75, 3.05) is 24.6 Å². The van der Waals surface area contributed by atoms with Crippen molar-refractivity contribution in [2.24, 2.45) is 11.1 Å². The number of halogens is 1. The fourth-order valence-electron chi connectivity index (χ4n) is 4.98. The molecule has 1 saturated heterocycles. The molecular formula is C20H22FN3O4. The van der Waals surface area contributed by atoms with Crippen LogP contribution in [0.1, 0.15) is 42.6 Å². The molecule has 3 N–H and O–H groups in total. The normalized spacial score (nSPS) is 25.0. The molecule has 2 aromatic rings. The molecule has 2 atom stereocenters. The average Bonchev–Trinajstić information content (AvgIpc) is 2.96. The maximum absolute atomic E-state index is 15.2. The number of anilines is 1. The van der Waals surface area contributed by atoms with Crippen molar-refractivity contribution in [1.29, 1.82) is 0 Å². The number of carboxylic acids is 1.